The fourth-order valence-electron chi connectivity index (χ4n) is 16.2. The van der Waals surface area contributed by atoms with Gasteiger partial charge in [-0.3, -0.25) is 0 Å². The molecule has 0 aromatic heterocycles. The van der Waals surface area contributed by atoms with Gasteiger partial charge in [-0.2, -0.15) is 0 Å². The van der Waals surface area contributed by atoms with E-state index in [1.807, 2.05) is 11.8 Å². The van der Waals surface area contributed by atoms with E-state index in [2.05, 4.69) is 403 Å². The van der Waals surface area contributed by atoms with Crippen molar-refractivity contribution < 1.29 is 0 Å². The van der Waals surface area contributed by atoms with Gasteiger partial charge in [0.1, 0.15) is 0 Å². The van der Waals surface area contributed by atoms with Crippen LogP contribution in [0.25, 0.3) is 22.3 Å². The van der Waals surface area contributed by atoms with Crippen LogP contribution >= 0.6 is 11.8 Å². The summed E-state index contributed by atoms with van der Waals surface area (Å²) >= 11 is 1.85. The molecule has 0 spiro atoms. The van der Waals surface area contributed by atoms with Gasteiger partial charge in [0.2, 0.25) is 0 Å². The number of para-hydroxylation sites is 3. The van der Waals surface area contributed by atoms with Gasteiger partial charge in [0.05, 0.1) is 22.7 Å². The molecule has 3 heterocycles. The lowest BCUT2D eigenvalue weighted by molar-refractivity contribution is 1.16. The van der Waals surface area contributed by atoms with Gasteiger partial charge >= 0.3 is 0 Å². The van der Waals surface area contributed by atoms with Gasteiger partial charge in [0.25, 0.3) is 6.71 Å². The Kier molecular flexibility index (Phi) is 14.6. The Morgan fingerprint density at radius 3 is 1.12 bits per heavy atom. The maximum atomic E-state index is 2.68. The van der Waals surface area contributed by atoms with E-state index in [9.17, 15) is 0 Å². The third kappa shape index (κ3) is 9.56. The number of rotatable bonds is 13. The van der Waals surface area contributed by atoms with Gasteiger partial charge < -0.3 is 14.7 Å². The third-order valence-corrected chi connectivity index (χ3v) is 31.0. The summed E-state index contributed by atoms with van der Waals surface area (Å²) in [5.41, 5.74) is 18.5. The van der Waals surface area contributed by atoms with Crippen LogP contribution in [-0.2, 0) is 0 Å². The maximum Gasteiger partial charge on any atom is 0.252 e. The Morgan fingerprint density at radius 1 is 0.216 bits per heavy atom. The fraction of sp³-hybridized carbons (Fsp3) is 0. The predicted octanol–water partition coefficient (Wildman–Crippen LogP) is 15.8. The van der Waals surface area contributed by atoms with E-state index in [-0.39, 0.29) is 6.71 Å². The fourth-order valence-corrected chi connectivity index (χ4v) is 26.8. The molecular formula is C90H64BN3SSi2. The van der Waals surface area contributed by atoms with E-state index >= 15 is 0 Å². The minimum atomic E-state index is -3.12. The van der Waals surface area contributed by atoms with Crippen LogP contribution in [0.2, 0.25) is 0 Å². The van der Waals surface area contributed by atoms with E-state index < -0.39 is 16.1 Å². The zero-order chi connectivity index (χ0) is 64.3. The number of hydrogen-bond acceptors (Lipinski definition) is 4. The molecule has 0 unspecified atom stereocenters. The largest absolute Gasteiger partial charge is 0.311 e. The Bertz CT molecular complexity index is 5160. The first kappa shape index (κ1) is 58.2. The lowest BCUT2D eigenvalue weighted by Gasteiger charge is -2.46. The Balaban J connectivity index is 0.990. The summed E-state index contributed by atoms with van der Waals surface area (Å²) in [5.74, 6) is 0. The van der Waals surface area contributed by atoms with Crippen LogP contribution in [0.4, 0.5) is 51.2 Å². The van der Waals surface area contributed by atoms with E-state index in [4.69, 9.17) is 0 Å². The van der Waals surface area contributed by atoms with Crippen LogP contribution in [0.15, 0.2) is 398 Å². The average Bonchev–Trinajstić information content (AvgIpc) is 0.689. The molecular weight excluding hydrogens is 1220 g/mol. The first-order valence-electron chi connectivity index (χ1n) is 33.5. The van der Waals surface area contributed by atoms with Gasteiger partial charge in [-0.05, 0) is 141 Å². The molecule has 0 bridgehead atoms. The number of fused-ring (bicyclic) bond motifs is 6. The summed E-state index contributed by atoms with van der Waals surface area (Å²) in [6, 6.07) is 147. The minimum Gasteiger partial charge on any atom is -0.311 e. The Hall–Kier alpha value is -11.5. The topological polar surface area (TPSA) is 9.72 Å². The molecule has 3 aliphatic heterocycles. The monoisotopic (exact) mass is 1290 g/mol. The van der Waals surface area contributed by atoms with Gasteiger partial charge in [0.15, 0.2) is 16.1 Å². The summed E-state index contributed by atoms with van der Waals surface area (Å²) < 4.78 is 0. The zero-order valence-corrected chi connectivity index (χ0v) is 56.1. The standard InChI is InChI=1S/C90H64BN3SSi2/c1-9-32-65(33-10-1)67-56-59-82-80(60-67)91-79-58-57-77(97(73-43-19-6-20-44-73,74-45-21-7-22-46-74)75-47-23-8-24-48-75)64-85(79)94(81-51-26-25-50-78(81)66-34-11-2-12-35-66)87-63-69(93-83-52-27-29-54-88(83)95-89-55-30-28-53-84(89)93)62-86(90(87)91)92(82)68-36-31-49-76(61-68)96(70-37-13-3-14-38-70,71-39-15-4-16-40-71)72-41-17-5-18-42-72/h1-64H. The summed E-state index contributed by atoms with van der Waals surface area (Å²) in [6.07, 6.45) is 0. The summed E-state index contributed by atoms with van der Waals surface area (Å²) in [4.78, 5) is 10.3. The van der Waals surface area contributed by atoms with Crippen LogP contribution in [0, 0.1) is 0 Å². The molecule has 0 saturated carbocycles. The molecule has 456 valence electrons. The Labute approximate surface area is 574 Å². The smallest absolute Gasteiger partial charge is 0.252 e. The lowest BCUT2D eigenvalue weighted by Crippen LogP contribution is -2.75. The highest BCUT2D eigenvalue weighted by atomic mass is 32.2. The summed E-state index contributed by atoms with van der Waals surface area (Å²) in [7, 11) is -6.17. The van der Waals surface area contributed by atoms with Crippen molar-refractivity contribution in [2.24, 2.45) is 0 Å². The highest BCUT2D eigenvalue weighted by molar-refractivity contribution is 7.99. The molecule has 15 aromatic carbocycles. The molecule has 0 amide bonds. The molecule has 0 N–H and O–H groups in total. The van der Waals surface area contributed by atoms with Crippen molar-refractivity contribution in [3.8, 4) is 22.3 Å². The van der Waals surface area contributed by atoms with Crippen LogP contribution in [-0.4, -0.2) is 22.9 Å². The van der Waals surface area contributed by atoms with Crippen molar-refractivity contribution in [1.29, 1.82) is 0 Å². The molecule has 0 fully saturated rings. The number of anilines is 9. The van der Waals surface area contributed by atoms with Gasteiger partial charge in [0, 0.05) is 43.8 Å². The van der Waals surface area contributed by atoms with Gasteiger partial charge in [-0.25, -0.2) is 0 Å². The highest BCUT2D eigenvalue weighted by Gasteiger charge is 2.49. The van der Waals surface area contributed by atoms with Gasteiger partial charge in [-0.15, -0.1) is 0 Å². The van der Waals surface area contributed by atoms with E-state index in [1.165, 1.54) is 78.8 Å². The molecule has 3 nitrogen and oxygen atoms in total. The van der Waals surface area contributed by atoms with Crippen molar-refractivity contribution >= 4 is 144 Å². The SMILES string of the molecule is c1ccc(-c2ccc3c(c2)B2c4ccc([Si](c5ccccc5)(c5ccccc5)c5ccccc5)cc4N(c4ccccc4-c4ccccc4)c4cc(N5c6ccccc6Sc6ccccc65)cc(c42)N3c2cccc([Si](c3ccccc3)(c3ccccc3)c3ccccc3)c2)cc1. The molecule has 0 saturated heterocycles. The minimum absolute atomic E-state index is 0.217. The van der Waals surface area contributed by atoms with Crippen LogP contribution in [0.3, 0.4) is 0 Å². The van der Waals surface area contributed by atoms with Crippen molar-refractivity contribution in [2.75, 3.05) is 14.7 Å². The average molecular weight is 1290 g/mol. The molecule has 7 heteroatoms. The van der Waals surface area contributed by atoms with E-state index in [1.54, 1.807) is 0 Å². The Morgan fingerprint density at radius 2 is 0.619 bits per heavy atom. The number of benzene rings is 15. The second kappa shape index (κ2) is 24.4. The normalized spacial score (nSPS) is 12.8. The first-order valence-corrected chi connectivity index (χ1v) is 38.3. The number of hydrogen-bond donors (Lipinski definition) is 0. The molecule has 97 heavy (non-hydrogen) atoms. The van der Waals surface area contributed by atoms with Crippen molar-refractivity contribution in [3.05, 3.63) is 388 Å². The predicted molar refractivity (Wildman–Crippen MR) is 417 cm³/mol. The third-order valence-electron chi connectivity index (χ3n) is 20.3. The van der Waals surface area contributed by atoms with Crippen LogP contribution < -0.4 is 72.6 Å². The molecule has 0 atom stereocenters. The maximum absolute atomic E-state index is 3.12. The lowest BCUT2D eigenvalue weighted by atomic mass is 9.33. The first-order chi connectivity index (χ1) is 48.1. The second-order valence-electron chi connectivity index (χ2n) is 25.4. The van der Waals surface area contributed by atoms with Crippen molar-refractivity contribution in [3.63, 3.8) is 0 Å². The van der Waals surface area contributed by atoms with Crippen LogP contribution in [0.1, 0.15) is 0 Å². The summed E-state index contributed by atoms with van der Waals surface area (Å²) in [6.45, 7) is -0.217. The molecule has 15 aromatic rings. The quantitative estimate of drug-likeness (QED) is 0.0840. The second-order valence-corrected chi connectivity index (χ2v) is 34.1. The van der Waals surface area contributed by atoms with Crippen LogP contribution in [0.5, 0.6) is 0 Å². The zero-order valence-electron chi connectivity index (χ0n) is 53.3. The van der Waals surface area contributed by atoms with Crippen molar-refractivity contribution in [2.45, 2.75) is 9.79 Å². The van der Waals surface area contributed by atoms with E-state index in [0.717, 1.165) is 62.3 Å². The number of nitrogens with zero attached hydrogens (tertiary/aromatic N) is 3. The summed E-state index contributed by atoms with van der Waals surface area (Å²) in [5, 5.41) is 10.6. The molecule has 0 radical (unpaired) electrons. The van der Waals surface area contributed by atoms with Gasteiger partial charge in [-0.1, -0.05) is 333 Å². The highest BCUT2D eigenvalue weighted by Crippen LogP contribution is 2.55. The molecule has 3 aliphatic rings. The molecule has 0 aliphatic carbocycles. The molecule has 18 rings (SSSR count). The van der Waals surface area contributed by atoms with E-state index in [0.29, 0.717) is 0 Å². The van der Waals surface area contributed by atoms with Crippen molar-refractivity contribution in [1.82, 2.24) is 0 Å².